The van der Waals surface area contributed by atoms with Crippen molar-refractivity contribution >= 4 is 23.0 Å². The first kappa shape index (κ1) is 27.5. The van der Waals surface area contributed by atoms with Gasteiger partial charge in [-0.1, -0.05) is 0 Å². The van der Waals surface area contributed by atoms with Crippen LogP contribution < -0.4 is 15.0 Å². The number of hydrogen-bond donors (Lipinski definition) is 1. The average molecular weight is 536 g/mol. The molecule has 1 amide bonds. The summed E-state index contributed by atoms with van der Waals surface area (Å²) in [4.78, 5) is 29.5. The summed E-state index contributed by atoms with van der Waals surface area (Å²) in [6.45, 7) is 4.83. The fraction of sp³-hybridized carbons (Fsp3) is 0.500. The van der Waals surface area contributed by atoms with Crippen LogP contribution in [0.4, 0.5) is 30.2 Å². The molecule has 206 valence electrons. The molecule has 12 heteroatoms. The molecule has 2 fully saturated rings. The number of methoxy groups -OCH3 is 1. The third-order valence-electron chi connectivity index (χ3n) is 7.17. The first-order chi connectivity index (χ1) is 18.1. The Morgan fingerprint density at radius 2 is 1.71 bits per heavy atom. The Kier molecular flexibility index (Phi) is 8.60. The number of hydrogen-bond acceptors (Lipinski definition) is 7. The number of rotatable bonds is 8. The van der Waals surface area contributed by atoms with E-state index in [1.54, 1.807) is 12.1 Å². The Balaban J connectivity index is 1.17. The lowest BCUT2D eigenvalue weighted by molar-refractivity contribution is -0.385. The summed E-state index contributed by atoms with van der Waals surface area (Å²) < 4.78 is 43.5. The summed E-state index contributed by atoms with van der Waals surface area (Å²) in [5, 5.41) is 14.5. The van der Waals surface area contributed by atoms with E-state index < -0.39 is 16.7 Å². The second-order valence-electron chi connectivity index (χ2n) is 9.57. The first-order valence-electron chi connectivity index (χ1n) is 12.7. The number of anilines is 2. The minimum absolute atomic E-state index is 0.0838. The number of nitrogens with one attached hydrogen (secondary N) is 1. The van der Waals surface area contributed by atoms with E-state index >= 15 is 0 Å². The van der Waals surface area contributed by atoms with Crippen molar-refractivity contribution < 1.29 is 27.6 Å². The number of halogens is 3. The van der Waals surface area contributed by atoms with Gasteiger partial charge in [-0.15, -0.1) is 0 Å². The Labute approximate surface area is 219 Å². The number of piperidine rings is 1. The van der Waals surface area contributed by atoms with Gasteiger partial charge in [-0.2, -0.15) is 13.2 Å². The molecule has 2 heterocycles. The number of amides is 1. The zero-order valence-corrected chi connectivity index (χ0v) is 21.2. The van der Waals surface area contributed by atoms with Crippen LogP contribution in [0.2, 0.25) is 0 Å². The average Bonchev–Trinajstić information content (AvgIpc) is 2.92. The van der Waals surface area contributed by atoms with Gasteiger partial charge < -0.3 is 19.9 Å². The lowest BCUT2D eigenvalue weighted by Crippen LogP contribution is -2.48. The molecule has 0 spiro atoms. The van der Waals surface area contributed by atoms with E-state index in [2.05, 4.69) is 15.1 Å². The molecule has 38 heavy (non-hydrogen) atoms. The van der Waals surface area contributed by atoms with Crippen LogP contribution in [-0.4, -0.2) is 79.6 Å². The molecule has 2 saturated heterocycles. The number of likely N-dealkylation sites (tertiary alicyclic amines) is 1. The molecule has 2 aliphatic heterocycles. The predicted molar refractivity (Wildman–Crippen MR) is 138 cm³/mol. The number of nitrogens with zero attached hydrogens (tertiary/aromatic N) is 4. The number of ether oxygens (including phenoxy) is 1. The fourth-order valence-corrected chi connectivity index (χ4v) is 4.93. The zero-order valence-electron chi connectivity index (χ0n) is 21.2. The maximum Gasteiger partial charge on any atom is 0.416 e. The highest BCUT2D eigenvalue weighted by Crippen LogP contribution is 2.32. The lowest BCUT2D eigenvalue weighted by atomic mass is 10.0. The summed E-state index contributed by atoms with van der Waals surface area (Å²) in [6, 6.07) is 10.1. The number of benzene rings is 2. The van der Waals surface area contributed by atoms with Crippen molar-refractivity contribution in [3.05, 3.63) is 58.1 Å². The van der Waals surface area contributed by atoms with Crippen LogP contribution in [0.3, 0.4) is 0 Å². The molecule has 0 bridgehead atoms. The molecule has 0 radical (unpaired) electrons. The second-order valence-corrected chi connectivity index (χ2v) is 9.57. The minimum Gasteiger partial charge on any atom is -0.490 e. The van der Waals surface area contributed by atoms with Gasteiger partial charge in [-0.25, -0.2) is 0 Å². The molecule has 2 aromatic carbocycles. The Hall–Kier alpha value is -3.54. The van der Waals surface area contributed by atoms with E-state index in [0.717, 1.165) is 49.4 Å². The van der Waals surface area contributed by atoms with E-state index in [4.69, 9.17) is 4.74 Å². The highest BCUT2D eigenvalue weighted by atomic mass is 19.4. The van der Waals surface area contributed by atoms with Crippen molar-refractivity contribution in [2.45, 2.75) is 31.5 Å². The number of nitro groups is 1. The van der Waals surface area contributed by atoms with Crippen LogP contribution in [0.15, 0.2) is 42.5 Å². The summed E-state index contributed by atoms with van der Waals surface area (Å²) >= 11 is 0. The molecule has 2 aromatic rings. The first-order valence-corrected chi connectivity index (χ1v) is 12.7. The molecular formula is C26H32F3N5O4. The predicted octanol–water partition coefficient (Wildman–Crippen LogP) is 4.24. The topological polar surface area (TPSA) is 91.2 Å². The fourth-order valence-electron chi connectivity index (χ4n) is 4.93. The Bertz CT molecular complexity index is 1110. The van der Waals surface area contributed by atoms with E-state index in [9.17, 15) is 28.1 Å². The number of alkyl halides is 3. The van der Waals surface area contributed by atoms with E-state index in [0.29, 0.717) is 39.1 Å². The normalized spacial score (nSPS) is 17.4. The van der Waals surface area contributed by atoms with Gasteiger partial charge in [0.25, 0.3) is 0 Å². The van der Waals surface area contributed by atoms with Crippen LogP contribution in [-0.2, 0) is 11.0 Å². The largest absolute Gasteiger partial charge is 0.490 e. The van der Waals surface area contributed by atoms with Gasteiger partial charge >= 0.3 is 11.9 Å². The van der Waals surface area contributed by atoms with Gasteiger partial charge in [0, 0.05) is 81.8 Å². The van der Waals surface area contributed by atoms with Crippen LogP contribution in [0.5, 0.6) is 5.75 Å². The molecule has 1 N–H and O–H groups in total. The smallest absolute Gasteiger partial charge is 0.416 e. The quantitative estimate of drug-likeness (QED) is 0.400. The van der Waals surface area contributed by atoms with Gasteiger partial charge in [0.05, 0.1) is 17.6 Å². The molecule has 0 saturated carbocycles. The Morgan fingerprint density at radius 3 is 2.29 bits per heavy atom. The molecule has 0 atom stereocenters. The van der Waals surface area contributed by atoms with Crippen LogP contribution in [0.1, 0.15) is 24.8 Å². The molecule has 4 rings (SSSR count). The zero-order chi connectivity index (χ0) is 27.3. The van der Waals surface area contributed by atoms with Crippen LogP contribution >= 0.6 is 0 Å². The van der Waals surface area contributed by atoms with Gasteiger partial charge in [-0.3, -0.25) is 19.8 Å². The van der Waals surface area contributed by atoms with E-state index in [-0.39, 0.29) is 23.4 Å². The number of carbonyl (C=O) groups excluding carboxylic acids is 1. The summed E-state index contributed by atoms with van der Waals surface area (Å²) in [6.07, 6.45) is -2.36. The maximum atomic E-state index is 12.8. The highest BCUT2D eigenvalue weighted by Gasteiger charge is 2.30. The SMILES string of the molecule is COc1cc(NC2CCN(C(=O)CCN3CCN(c4ccc(C(F)(F)F)cc4)CC3)CC2)ccc1[N+](=O)[O-]. The van der Waals surface area contributed by atoms with Gasteiger partial charge in [0.2, 0.25) is 5.91 Å². The summed E-state index contributed by atoms with van der Waals surface area (Å²) in [7, 11) is 1.40. The van der Waals surface area contributed by atoms with Gasteiger partial charge in [0.15, 0.2) is 5.75 Å². The van der Waals surface area contributed by atoms with Crippen LogP contribution in [0, 0.1) is 10.1 Å². The van der Waals surface area contributed by atoms with E-state index in [1.165, 1.54) is 25.3 Å². The number of carbonyl (C=O) groups is 1. The third-order valence-corrected chi connectivity index (χ3v) is 7.17. The van der Waals surface area contributed by atoms with Crippen molar-refractivity contribution in [2.75, 3.05) is 63.1 Å². The van der Waals surface area contributed by atoms with Gasteiger partial charge in [-0.05, 0) is 43.2 Å². The highest BCUT2D eigenvalue weighted by molar-refractivity contribution is 5.76. The molecule has 0 aliphatic carbocycles. The minimum atomic E-state index is -4.34. The number of piperazine rings is 1. The second kappa shape index (κ2) is 11.9. The third kappa shape index (κ3) is 6.85. The molecule has 2 aliphatic rings. The van der Waals surface area contributed by atoms with Crippen LogP contribution in [0.25, 0.3) is 0 Å². The Morgan fingerprint density at radius 1 is 1.05 bits per heavy atom. The maximum absolute atomic E-state index is 12.8. The molecule has 9 nitrogen and oxygen atoms in total. The standard InChI is InChI=1S/C26H32F3N5O4/c1-38-24-18-21(4-7-23(24)34(36)37)30-20-8-12-33(13-9-20)25(35)10-11-31-14-16-32(17-15-31)22-5-2-19(3-6-22)26(27,28)29/h2-7,18,20,30H,8-17H2,1H3. The monoisotopic (exact) mass is 535 g/mol. The van der Waals surface area contributed by atoms with Crippen molar-refractivity contribution in [2.24, 2.45) is 0 Å². The summed E-state index contributed by atoms with van der Waals surface area (Å²) in [5.41, 5.74) is 0.786. The van der Waals surface area contributed by atoms with Crippen molar-refractivity contribution in [3.8, 4) is 5.75 Å². The van der Waals surface area contributed by atoms with Crippen molar-refractivity contribution in [3.63, 3.8) is 0 Å². The summed E-state index contributed by atoms with van der Waals surface area (Å²) in [5.74, 6) is 0.318. The molecule has 0 unspecified atom stereocenters. The van der Waals surface area contributed by atoms with Crippen molar-refractivity contribution in [1.82, 2.24) is 9.80 Å². The van der Waals surface area contributed by atoms with Gasteiger partial charge in [0.1, 0.15) is 0 Å². The van der Waals surface area contributed by atoms with Crippen molar-refractivity contribution in [1.29, 1.82) is 0 Å². The molecule has 0 aromatic heterocycles. The lowest BCUT2D eigenvalue weighted by Gasteiger charge is -2.37. The molecular weight excluding hydrogens is 503 g/mol. The van der Waals surface area contributed by atoms with E-state index in [1.807, 2.05) is 4.90 Å². The number of nitro benzene ring substituents is 1.